The van der Waals surface area contributed by atoms with Crippen LogP contribution in [0.15, 0.2) is 58.2 Å². The van der Waals surface area contributed by atoms with Gasteiger partial charge in [0.1, 0.15) is 5.75 Å². The normalized spacial score (nSPS) is 19.9. The molecule has 4 rings (SSSR count). The van der Waals surface area contributed by atoms with Gasteiger partial charge in [-0.1, -0.05) is 12.1 Å². The molecule has 1 fully saturated rings. The van der Waals surface area contributed by atoms with Crippen molar-refractivity contribution in [3.63, 3.8) is 0 Å². The topological polar surface area (TPSA) is 98.4 Å². The first-order valence-corrected chi connectivity index (χ1v) is 11.5. The van der Waals surface area contributed by atoms with Gasteiger partial charge in [0.2, 0.25) is 21.5 Å². The Morgan fingerprint density at radius 1 is 1.26 bits per heavy atom. The van der Waals surface area contributed by atoms with E-state index in [1.165, 1.54) is 12.1 Å². The molecule has 1 aromatic carbocycles. The first-order valence-electron chi connectivity index (χ1n) is 10.1. The predicted octanol–water partition coefficient (Wildman–Crippen LogP) is 3.57. The maximum absolute atomic E-state index is 15.8. The minimum Gasteiger partial charge on any atom is -0.494 e. The van der Waals surface area contributed by atoms with Crippen LogP contribution in [0.4, 0.5) is 4.39 Å². The van der Waals surface area contributed by atoms with E-state index in [2.05, 4.69) is 15.1 Å². The Morgan fingerprint density at radius 2 is 2.06 bits per heavy atom. The molecular formula is C21H23FN4O4S. The number of benzene rings is 1. The van der Waals surface area contributed by atoms with Gasteiger partial charge in [0, 0.05) is 24.5 Å². The van der Waals surface area contributed by atoms with E-state index in [4.69, 9.17) is 9.26 Å². The third kappa shape index (κ3) is 4.45. The molecule has 1 aliphatic heterocycles. The van der Waals surface area contributed by atoms with Crippen molar-refractivity contribution in [3.8, 4) is 17.1 Å². The van der Waals surface area contributed by atoms with E-state index in [9.17, 15) is 8.42 Å². The number of nitrogens with zero attached hydrogens (tertiary/aromatic N) is 4. The Balaban J connectivity index is 1.54. The number of hydrogen-bond donors (Lipinski definition) is 0. The van der Waals surface area contributed by atoms with E-state index < -0.39 is 22.2 Å². The summed E-state index contributed by atoms with van der Waals surface area (Å²) in [7, 11) is -3.89. The van der Waals surface area contributed by atoms with Crippen LogP contribution in [0.5, 0.6) is 5.75 Å². The molecule has 0 spiro atoms. The van der Waals surface area contributed by atoms with Crippen molar-refractivity contribution in [1.82, 2.24) is 19.4 Å². The molecule has 1 aliphatic rings. The SMILES string of the molecule is CCCOc1ccc(S(=O)(=O)N2CCCC(F)(c3nc(-c4cccnc4)no3)C2)cc1. The molecule has 1 atom stereocenters. The second-order valence-corrected chi connectivity index (χ2v) is 9.33. The highest BCUT2D eigenvalue weighted by molar-refractivity contribution is 7.89. The number of aromatic nitrogens is 3. The summed E-state index contributed by atoms with van der Waals surface area (Å²) >= 11 is 0. The van der Waals surface area contributed by atoms with Gasteiger partial charge in [0.15, 0.2) is 0 Å². The highest BCUT2D eigenvalue weighted by atomic mass is 32.2. The lowest BCUT2D eigenvalue weighted by atomic mass is 9.96. The summed E-state index contributed by atoms with van der Waals surface area (Å²) in [5.74, 6) is 0.574. The van der Waals surface area contributed by atoms with E-state index in [0.29, 0.717) is 24.3 Å². The molecule has 8 nitrogen and oxygen atoms in total. The Bertz CT molecular complexity index is 1120. The van der Waals surface area contributed by atoms with Gasteiger partial charge < -0.3 is 9.26 Å². The second kappa shape index (κ2) is 8.72. The first-order chi connectivity index (χ1) is 14.9. The van der Waals surface area contributed by atoms with E-state index in [-0.39, 0.29) is 29.6 Å². The molecule has 0 bridgehead atoms. The number of pyridine rings is 1. The Morgan fingerprint density at radius 3 is 2.77 bits per heavy atom. The number of rotatable bonds is 7. The third-order valence-corrected chi connectivity index (χ3v) is 6.93. The van der Waals surface area contributed by atoms with Crippen LogP contribution in [0.2, 0.25) is 0 Å². The van der Waals surface area contributed by atoms with Crippen LogP contribution < -0.4 is 4.74 Å². The van der Waals surface area contributed by atoms with Gasteiger partial charge >= 0.3 is 0 Å². The lowest BCUT2D eigenvalue weighted by molar-refractivity contribution is 0.0470. The van der Waals surface area contributed by atoms with Crippen LogP contribution in [0.1, 0.15) is 32.1 Å². The molecule has 164 valence electrons. The van der Waals surface area contributed by atoms with Crippen molar-refractivity contribution in [1.29, 1.82) is 0 Å². The fourth-order valence-corrected chi connectivity index (χ4v) is 4.97. The smallest absolute Gasteiger partial charge is 0.266 e. The van der Waals surface area contributed by atoms with E-state index in [1.54, 1.807) is 36.7 Å². The van der Waals surface area contributed by atoms with Crippen LogP contribution in [-0.2, 0) is 15.7 Å². The zero-order chi connectivity index (χ0) is 21.9. The maximum atomic E-state index is 15.8. The largest absolute Gasteiger partial charge is 0.494 e. The molecular weight excluding hydrogens is 423 g/mol. The quantitative estimate of drug-likeness (QED) is 0.547. The van der Waals surface area contributed by atoms with Crippen molar-refractivity contribution >= 4 is 10.0 Å². The zero-order valence-electron chi connectivity index (χ0n) is 17.1. The number of sulfonamides is 1. The molecule has 3 aromatic rings. The van der Waals surface area contributed by atoms with Crippen LogP contribution in [0.25, 0.3) is 11.4 Å². The zero-order valence-corrected chi connectivity index (χ0v) is 17.9. The van der Waals surface area contributed by atoms with Crippen LogP contribution in [-0.4, -0.2) is 47.5 Å². The predicted molar refractivity (Wildman–Crippen MR) is 111 cm³/mol. The minimum absolute atomic E-state index is 0.0853. The standard InChI is InChI=1S/C21H23FN4O4S/c1-2-13-29-17-6-8-18(9-7-17)31(27,28)26-12-4-10-21(22,15-26)20-24-19(25-30-20)16-5-3-11-23-14-16/h3,5-9,11,14H,2,4,10,12-13,15H2,1H3. The molecule has 31 heavy (non-hydrogen) atoms. The fourth-order valence-electron chi connectivity index (χ4n) is 3.45. The number of ether oxygens (including phenoxy) is 1. The van der Waals surface area contributed by atoms with Crippen LogP contribution >= 0.6 is 0 Å². The Hall–Kier alpha value is -2.85. The number of hydrogen-bond acceptors (Lipinski definition) is 7. The maximum Gasteiger partial charge on any atom is 0.266 e. The fraction of sp³-hybridized carbons (Fsp3) is 0.381. The van der Waals surface area contributed by atoms with Gasteiger partial charge in [-0.05, 0) is 55.7 Å². The summed E-state index contributed by atoms with van der Waals surface area (Å²) in [6, 6.07) is 9.60. The molecule has 0 amide bonds. The number of alkyl halides is 1. The van der Waals surface area contributed by atoms with Gasteiger partial charge in [-0.2, -0.15) is 9.29 Å². The summed E-state index contributed by atoms with van der Waals surface area (Å²) in [5, 5.41) is 3.84. The second-order valence-electron chi connectivity index (χ2n) is 7.39. The highest BCUT2D eigenvalue weighted by Gasteiger charge is 2.46. The van der Waals surface area contributed by atoms with Crippen LogP contribution in [0.3, 0.4) is 0 Å². The van der Waals surface area contributed by atoms with E-state index >= 15 is 4.39 Å². The summed E-state index contributed by atoms with van der Waals surface area (Å²) < 4.78 is 53.8. The van der Waals surface area contributed by atoms with Crippen molar-refractivity contribution in [2.24, 2.45) is 0 Å². The monoisotopic (exact) mass is 446 g/mol. The molecule has 0 saturated carbocycles. The summed E-state index contributed by atoms with van der Waals surface area (Å²) in [6.07, 6.45) is 4.43. The Kier molecular flexibility index (Phi) is 6.01. The van der Waals surface area contributed by atoms with Gasteiger partial charge in [-0.15, -0.1) is 0 Å². The lowest BCUT2D eigenvalue weighted by Gasteiger charge is -2.34. The molecule has 0 N–H and O–H groups in total. The molecule has 0 aliphatic carbocycles. The highest BCUT2D eigenvalue weighted by Crippen LogP contribution is 2.37. The molecule has 0 radical (unpaired) electrons. The molecule has 1 unspecified atom stereocenters. The molecule has 1 saturated heterocycles. The van der Waals surface area contributed by atoms with Gasteiger partial charge in [-0.3, -0.25) is 4.98 Å². The van der Waals surface area contributed by atoms with E-state index in [0.717, 1.165) is 10.7 Å². The summed E-state index contributed by atoms with van der Waals surface area (Å²) in [5.41, 5.74) is -1.48. The number of halogens is 1. The molecule has 3 heterocycles. The van der Waals surface area contributed by atoms with Crippen molar-refractivity contribution in [2.75, 3.05) is 19.7 Å². The van der Waals surface area contributed by atoms with Crippen molar-refractivity contribution in [2.45, 2.75) is 36.8 Å². The van der Waals surface area contributed by atoms with Gasteiger partial charge in [0.05, 0.1) is 18.0 Å². The Labute approximate surface area is 180 Å². The average Bonchev–Trinajstić information content (AvgIpc) is 3.30. The lowest BCUT2D eigenvalue weighted by Crippen LogP contribution is -2.46. The van der Waals surface area contributed by atoms with Gasteiger partial charge in [-0.25, -0.2) is 12.8 Å². The summed E-state index contributed by atoms with van der Waals surface area (Å²) in [6.45, 7) is 2.36. The van der Waals surface area contributed by atoms with E-state index in [1.807, 2.05) is 6.92 Å². The average molecular weight is 447 g/mol. The molecule has 10 heteroatoms. The minimum atomic E-state index is -3.89. The van der Waals surface area contributed by atoms with Gasteiger partial charge in [0.25, 0.3) is 5.89 Å². The summed E-state index contributed by atoms with van der Waals surface area (Å²) in [4.78, 5) is 8.25. The van der Waals surface area contributed by atoms with Crippen molar-refractivity contribution < 1.29 is 22.1 Å². The third-order valence-electron chi connectivity index (χ3n) is 5.07. The molecule has 2 aromatic heterocycles. The first kappa shape index (κ1) is 21.4. The number of piperidine rings is 1. The van der Waals surface area contributed by atoms with Crippen LogP contribution in [0, 0.1) is 0 Å². The van der Waals surface area contributed by atoms with Crippen molar-refractivity contribution in [3.05, 3.63) is 54.7 Å².